The predicted octanol–water partition coefficient (Wildman–Crippen LogP) is 4.87. The molecule has 0 radical (unpaired) electrons. The number of hydrogen-bond acceptors (Lipinski definition) is 5. The van der Waals surface area contributed by atoms with E-state index in [0.29, 0.717) is 34.4 Å². The van der Waals surface area contributed by atoms with Crippen LogP contribution in [0.15, 0.2) is 6.07 Å². The number of nitrogens with two attached hydrogens (primary N) is 1. The van der Waals surface area contributed by atoms with Crippen LogP contribution in [0.4, 0.5) is 27.6 Å². The number of fused-ring (bicyclic) bond motifs is 1. The number of primary amides is 1. The zero-order valence-corrected chi connectivity index (χ0v) is 17.6. The summed E-state index contributed by atoms with van der Waals surface area (Å²) in [7, 11) is 0.974. The molecule has 14 heteroatoms. The lowest BCUT2D eigenvalue weighted by molar-refractivity contribution is -0.143. The second-order valence-electron chi connectivity index (χ2n) is 7.15. The van der Waals surface area contributed by atoms with E-state index in [2.05, 4.69) is 15.4 Å². The molecular formula is C18H13ClF5N5O2S. The first-order valence-corrected chi connectivity index (χ1v) is 10.3. The van der Waals surface area contributed by atoms with E-state index in [4.69, 9.17) is 17.3 Å². The summed E-state index contributed by atoms with van der Waals surface area (Å²) in [5.41, 5.74) is 3.20. The van der Waals surface area contributed by atoms with Gasteiger partial charge in [0, 0.05) is 12.4 Å². The highest BCUT2D eigenvalue weighted by Crippen LogP contribution is 2.48. The number of anilines is 1. The SMILES string of the molecule is Cn1nc(C(=O)Nc2c(C(N)=O)sc3nc(C(F)F)cc(C4CC4)c23)c(Cl)c1C(F)(F)F. The largest absolute Gasteiger partial charge is 0.434 e. The number of nitrogens with one attached hydrogen (secondary N) is 1. The third-order valence-corrected chi connectivity index (χ3v) is 6.34. The molecular weight excluding hydrogens is 481 g/mol. The van der Waals surface area contributed by atoms with Crippen molar-refractivity contribution in [3.8, 4) is 0 Å². The average molecular weight is 494 g/mol. The number of aryl methyl sites for hydroxylation is 1. The summed E-state index contributed by atoms with van der Waals surface area (Å²) < 4.78 is 66.6. The van der Waals surface area contributed by atoms with Crippen LogP contribution >= 0.6 is 22.9 Å². The molecule has 0 atom stereocenters. The molecule has 0 spiro atoms. The number of thiophene rings is 1. The van der Waals surface area contributed by atoms with E-state index in [9.17, 15) is 31.5 Å². The van der Waals surface area contributed by atoms with Gasteiger partial charge in [0.15, 0.2) is 11.4 Å². The van der Waals surface area contributed by atoms with Crippen LogP contribution in [0.1, 0.15) is 62.3 Å². The van der Waals surface area contributed by atoms with Crippen LogP contribution in [-0.4, -0.2) is 26.6 Å². The number of nitrogens with zero attached hydrogens (tertiary/aromatic N) is 3. The third-order valence-electron chi connectivity index (χ3n) is 4.89. The highest BCUT2D eigenvalue weighted by Gasteiger charge is 2.40. The molecule has 0 aromatic carbocycles. The third kappa shape index (κ3) is 3.79. The van der Waals surface area contributed by atoms with Gasteiger partial charge in [-0.3, -0.25) is 14.3 Å². The molecule has 32 heavy (non-hydrogen) atoms. The van der Waals surface area contributed by atoms with E-state index < -0.39 is 46.5 Å². The van der Waals surface area contributed by atoms with Gasteiger partial charge in [0.05, 0.1) is 5.69 Å². The molecule has 0 saturated heterocycles. The summed E-state index contributed by atoms with van der Waals surface area (Å²) in [6, 6.07) is 1.20. The molecule has 3 aromatic heterocycles. The topological polar surface area (TPSA) is 103 Å². The van der Waals surface area contributed by atoms with Crippen molar-refractivity contribution < 1.29 is 31.5 Å². The fourth-order valence-corrected chi connectivity index (χ4v) is 4.77. The Morgan fingerprint density at radius 2 is 2.00 bits per heavy atom. The highest BCUT2D eigenvalue weighted by molar-refractivity contribution is 7.21. The number of halogens is 6. The lowest BCUT2D eigenvalue weighted by atomic mass is 10.0. The number of carbonyl (C=O) groups excluding carboxylic acids is 2. The van der Waals surface area contributed by atoms with Crippen molar-refractivity contribution in [1.29, 1.82) is 0 Å². The smallest absolute Gasteiger partial charge is 0.365 e. The number of pyridine rings is 1. The lowest BCUT2D eigenvalue weighted by Gasteiger charge is -2.09. The summed E-state index contributed by atoms with van der Waals surface area (Å²) in [6.45, 7) is 0. The van der Waals surface area contributed by atoms with Gasteiger partial charge in [0.25, 0.3) is 18.2 Å². The number of carbonyl (C=O) groups is 2. The van der Waals surface area contributed by atoms with Gasteiger partial charge in [-0.25, -0.2) is 13.8 Å². The van der Waals surface area contributed by atoms with Gasteiger partial charge in [-0.2, -0.15) is 18.3 Å². The van der Waals surface area contributed by atoms with Crippen LogP contribution in [0.25, 0.3) is 10.2 Å². The van der Waals surface area contributed by atoms with E-state index >= 15 is 0 Å². The normalized spacial score (nSPS) is 14.4. The Hall–Kier alpha value is -2.80. The molecule has 2 amide bonds. The van der Waals surface area contributed by atoms with Crippen LogP contribution < -0.4 is 11.1 Å². The Kier molecular flexibility index (Phi) is 5.36. The number of rotatable bonds is 5. The Morgan fingerprint density at radius 3 is 2.50 bits per heavy atom. The van der Waals surface area contributed by atoms with Crippen molar-refractivity contribution in [3.63, 3.8) is 0 Å². The fourth-order valence-electron chi connectivity index (χ4n) is 3.39. The summed E-state index contributed by atoms with van der Waals surface area (Å²) in [4.78, 5) is 28.5. The minimum absolute atomic E-state index is 0.0527. The van der Waals surface area contributed by atoms with E-state index in [0.717, 1.165) is 7.05 Å². The van der Waals surface area contributed by atoms with Crippen molar-refractivity contribution in [2.75, 3.05) is 5.32 Å². The number of aromatic nitrogens is 3. The average Bonchev–Trinajstić information content (AvgIpc) is 3.39. The van der Waals surface area contributed by atoms with Crippen molar-refractivity contribution in [2.24, 2.45) is 12.8 Å². The van der Waals surface area contributed by atoms with E-state index in [1.165, 1.54) is 6.07 Å². The van der Waals surface area contributed by atoms with Gasteiger partial charge < -0.3 is 11.1 Å². The number of amides is 2. The van der Waals surface area contributed by atoms with Gasteiger partial charge >= 0.3 is 6.18 Å². The van der Waals surface area contributed by atoms with E-state index in [-0.39, 0.29) is 26.7 Å². The van der Waals surface area contributed by atoms with Crippen LogP contribution in [0, 0.1) is 0 Å². The molecule has 7 nitrogen and oxygen atoms in total. The zero-order chi connectivity index (χ0) is 23.5. The monoisotopic (exact) mass is 493 g/mol. The maximum atomic E-state index is 13.3. The van der Waals surface area contributed by atoms with Crippen molar-refractivity contribution >= 4 is 50.7 Å². The number of hydrogen-bond donors (Lipinski definition) is 2. The van der Waals surface area contributed by atoms with Crippen molar-refractivity contribution in [3.05, 3.63) is 38.6 Å². The van der Waals surface area contributed by atoms with Gasteiger partial charge in [-0.05, 0) is 30.4 Å². The Bertz CT molecular complexity index is 1270. The highest BCUT2D eigenvalue weighted by atomic mass is 35.5. The molecule has 1 aliphatic carbocycles. The molecule has 3 heterocycles. The zero-order valence-electron chi connectivity index (χ0n) is 16.1. The first kappa shape index (κ1) is 22.4. The molecule has 0 aliphatic heterocycles. The fraction of sp³-hybridized carbons (Fsp3) is 0.333. The molecule has 3 aromatic rings. The molecule has 0 unspecified atom stereocenters. The van der Waals surface area contributed by atoms with Crippen LogP contribution in [0.3, 0.4) is 0 Å². The molecule has 1 aliphatic rings. The standard InChI is InChI=1S/C18H13ClF5N5O2S/c1-29-13(18(22,23)24)9(19)11(28-29)16(31)27-10-8-6(5-2-3-5)4-7(14(20)21)26-17(8)32-12(10)15(25)30/h4-5,14H,2-3H2,1H3,(H2,25,30)(H,27,31). The van der Waals surface area contributed by atoms with Crippen LogP contribution in [0.5, 0.6) is 0 Å². The first-order valence-electron chi connectivity index (χ1n) is 9.06. The van der Waals surface area contributed by atoms with E-state index in [1.807, 2.05) is 0 Å². The van der Waals surface area contributed by atoms with Gasteiger partial charge in [-0.1, -0.05) is 11.6 Å². The molecule has 1 fully saturated rings. The summed E-state index contributed by atoms with van der Waals surface area (Å²) in [6.07, 6.45) is -6.31. The molecule has 1 saturated carbocycles. The summed E-state index contributed by atoms with van der Waals surface area (Å²) in [5, 5.41) is 5.22. The first-order chi connectivity index (χ1) is 14.9. The maximum absolute atomic E-state index is 13.3. The van der Waals surface area contributed by atoms with Crippen molar-refractivity contribution in [1.82, 2.24) is 14.8 Å². The maximum Gasteiger partial charge on any atom is 0.434 e. The van der Waals surface area contributed by atoms with E-state index in [1.54, 1.807) is 0 Å². The predicted molar refractivity (Wildman–Crippen MR) is 106 cm³/mol. The molecule has 3 N–H and O–H groups in total. The van der Waals surface area contributed by atoms with Gasteiger partial charge in [0.2, 0.25) is 0 Å². The van der Waals surface area contributed by atoms with Crippen LogP contribution in [0.2, 0.25) is 5.02 Å². The quantitative estimate of drug-likeness (QED) is 0.495. The Morgan fingerprint density at radius 1 is 1.34 bits per heavy atom. The summed E-state index contributed by atoms with van der Waals surface area (Å²) in [5.74, 6) is -2.17. The molecule has 4 rings (SSSR count). The van der Waals surface area contributed by atoms with Crippen molar-refractivity contribution in [2.45, 2.75) is 31.4 Å². The minimum Gasteiger partial charge on any atom is -0.365 e. The number of alkyl halides is 5. The second-order valence-corrected chi connectivity index (χ2v) is 8.53. The Balaban J connectivity index is 1.85. The second kappa shape index (κ2) is 7.66. The molecule has 170 valence electrons. The van der Waals surface area contributed by atoms with Crippen LogP contribution in [-0.2, 0) is 13.2 Å². The van der Waals surface area contributed by atoms with Gasteiger partial charge in [0.1, 0.15) is 20.4 Å². The Labute approximate surface area is 185 Å². The molecule has 0 bridgehead atoms. The lowest BCUT2D eigenvalue weighted by Crippen LogP contribution is -2.17. The summed E-state index contributed by atoms with van der Waals surface area (Å²) >= 11 is 6.47. The van der Waals surface area contributed by atoms with Gasteiger partial charge in [-0.15, -0.1) is 11.3 Å². The minimum atomic E-state index is -4.86.